The van der Waals surface area contributed by atoms with Gasteiger partial charge in [0.1, 0.15) is 23.0 Å². The smallest absolute Gasteiger partial charge is 0.422 e. The van der Waals surface area contributed by atoms with Crippen molar-refractivity contribution in [3.63, 3.8) is 0 Å². The molecule has 0 saturated heterocycles. The van der Waals surface area contributed by atoms with Crippen LogP contribution in [0, 0.1) is 0 Å². The average molecular weight is 484 g/mol. The molecular formula is C19H18F6N2O4S. The summed E-state index contributed by atoms with van der Waals surface area (Å²) in [5, 5.41) is 5.44. The lowest BCUT2D eigenvalue weighted by atomic mass is 10.2. The van der Waals surface area contributed by atoms with Crippen LogP contribution in [0.15, 0.2) is 36.4 Å². The van der Waals surface area contributed by atoms with E-state index in [1.807, 2.05) is 0 Å². The summed E-state index contributed by atoms with van der Waals surface area (Å²) in [5.74, 6) is 0.167. The van der Waals surface area contributed by atoms with Crippen molar-refractivity contribution in [1.29, 1.82) is 0 Å². The SMILES string of the molecule is COc1ccc(NC(=S)Nc2cc(OCC(F)(F)F)cc(OCC(F)(F)F)c2)c(OC)c1. The molecule has 2 rings (SSSR count). The maximum absolute atomic E-state index is 12.5. The van der Waals surface area contributed by atoms with E-state index in [2.05, 4.69) is 20.1 Å². The quantitative estimate of drug-likeness (QED) is 0.385. The highest BCUT2D eigenvalue weighted by Gasteiger charge is 2.30. The summed E-state index contributed by atoms with van der Waals surface area (Å²) in [7, 11) is 2.89. The molecule has 0 bridgehead atoms. The van der Waals surface area contributed by atoms with Crippen LogP contribution in [0.2, 0.25) is 0 Å². The summed E-state index contributed by atoms with van der Waals surface area (Å²) in [6.45, 7) is -3.28. The van der Waals surface area contributed by atoms with Crippen LogP contribution < -0.4 is 29.6 Å². The Kier molecular flexibility index (Phi) is 8.25. The summed E-state index contributed by atoms with van der Waals surface area (Å²) in [6.07, 6.45) is -9.28. The van der Waals surface area contributed by atoms with Gasteiger partial charge in [0.15, 0.2) is 18.3 Å². The summed E-state index contributed by atoms with van der Waals surface area (Å²) in [4.78, 5) is 0. The second-order valence-electron chi connectivity index (χ2n) is 6.15. The van der Waals surface area contributed by atoms with E-state index in [1.165, 1.54) is 14.2 Å². The summed E-state index contributed by atoms with van der Waals surface area (Å²) >= 11 is 5.17. The topological polar surface area (TPSA) is 61.0 Å². The van der Waals surface area contributed by atoms with Crippen molar-refractivity contribution in [2.24, 2.45) is 0 Å². The summed E-state index contributed by atoms with van der Waals surface area (Å²) in [5.41, 5.74) is 0.468. The second-order valence-corrected chi connectivity index (χ2v) is 6.55. The number of hydrogen-bond donors (Lipinski definition) is 2. The average Bonchev–Trinajstić information content (AvgIpc) is 2.70. The molecule has 0 aromatic heterocycles. The predicted molar refractivity (Wildman–Crippen MR) is 109 cm³/mol. The molecule has 2 aromatic rings. The zero-order valence-electron chi connectivity index (χ0n) is 16.7. The maximum atomic E-state index is 12.5. The first kappa shape index (κ1) is 25.2. The number of methoxy groups -OCH3 is 2. The molecule has 0 amide bonds. The van der Waals surface area contributed by atoms with Crippen LogP contribution in [-0.4, -0.2) is 44.9 Å². The number of alkyl halides is 6. The number of thiocarbonyl (C=S) groups is 1. The Balaban J connectivity index is 2.19. The van der Waals surface area contributed by atoms with Gasteiger partial charge in [-0.15, -0.1) is 0 Å². The van der Waals surface area contributed by atoms with Crippen LogP contribution >= 0.6 is 12.2 Å². The van der Waals surface area contributed by atoms with Gasteiger partial charge in [-0.2, -0.15) is 26.3 Å². The van der Waals surface area contributed by atoms with E-state index in [0.717, 1.165) is 18.2 Å². The molecule has 6 nitrogen and oxygen atoms in total. The fourth-order valence-electron chi connectivity index (χ4n) is 2.33. The predicted octanol–water partition coefficient (Wildman–Crippen LogP) is 5.39. The summed E-state index contributed by atoms with van der Waals surface area (Å²) in [6, 6.07) is 7.98. The lowest BCUT2D eigenvalue weighted by Gasteiger charge is -2.17. The molecule has 2 N–H and O–H groups in total. The van der Waals surface area contributed by atoms with E-state index in [1.54, 1.807) is 18.2 Å². The zero-order chi connectivity index (χ0) is 23.9. The van der Waals surface area contributed by atoms with E-state index >= 15 is 0 Å². The van der Waals surface area contributed by atoms with Crippen molar-refractivity contribution in [2.75, 3.05) is 38.1 Å². The second kappa shape index (κ2) is 10.5. The number of benzene rings is 2. The van der Waals surface area contributed by atoms with Gasteiger partial charge >= 0.3 is 12.4 Å². The van der Waals surface area contributed by atoms with Gasteiger partial charge in [-0.25, -0.2) is 0 Å². The molecule has 0 heterocycles. The highest BCUT2D eigenvalue weighted by molar-refractivity contribution is 7.80. The first-order valence-electron chi connectivity index (χ1n) is 8.73. The van der Waals surface area contributed by atoms with E-state index in [9.17, 15) is 26.3 Å². The number of ether oxygens (including phenoxy) is 4. The fourth-order valence-corrected chi connectivity index (χ4v) is 2.56. The molecule has 0 spiro atoms. The van der Waals surface area contributed by atoms with Gasteiger partial charge in [0.05, 0.1) is 19.9 Å². The van der Waals surface area contributed by atoms with Gasteiger partial charge in [0.25, 0.3) is 0 Å². The standard InChI is InChI=1S/C19H18F6N2O4S/c1-28-12-3-4-15(16(8-12)29-2)27-17(32)26-11-5-13(30-9-18(20,21)22)7-14(6-11)31-10-19(23,24)25/h3-8H,9-10H2,1-2H3,(H2,26,27,32). The van der Waals surface area contributed by atoms with Crippen LogP contribution in [0.25, 0.3) is 0 Å². The molecule has 176 valence electrons. The number of halogens is 6. The molecule has 13 heteroatoms. The number of nitrogens with one attached hydrogen (secondary N) is 2. The number of rotatable bonds is 8. The first-order valence-corrected chi connectivity index (χ1v) is 9.13. The molecule has 0 aliphatic rings. The third kappa shape index (κ3) is 8.57. The molecule has 0 saturated carbocycles. The van der Waals surface area contributed by atoms with Crippen LogP contribution in [0.3, 0.4) is 0 Å². The van der Waals surface area contributed by atoms with Gasteiger partial charge < -0.3 is 29.6 Å². The van der Waals surface area contributed by atoms with Crippen LogP contribution in [0.4, 0.5) is 37.7 Å². The molecule has 0 fully saturated rings. The monoisotopic (exact) mass is 484 g/mol. The van der Waals surface area contributed by atoms with Gasteiger partial charge in [-0.05, 0) is 24.4 Å². The van der Waals surface area contributed by atoms with Crippen molar-refractivity contribution in [2.45, 2.75) is 12.4 Å². The molecule has 0 aliphatic carbocycles. The van der Waals surface area contributed by atoms with Gasteiger partial charge in [0.2, 0.25) is 0 Å². The van der Waals surface area contributed by atoms with Crippen LogP contribution in [0.1, 0.15) is 0 Å². The number of hydrogen-bond acceptors (Lipinski definition) is 5. The van der Waals surface area contributed by atoms with Crippen molar-refractivity contribution in [3.8, 4) is 23.0 Å². The zero-order valence-corrected chi connectivity index (χ0v) is 17.5. The molecule has 0 radical (unpaired) electrons. The largest absolute Gasteiger partial charge is 0.497 e. The summed E-state index contributed by atoms with van der Waals surface area (Å²) < 4.78 is 94.3. The minimum absolute atomic E-state index is 0.0248. The third-order valence-corrected chi connectivity index (χ3v) is 3.80. The highest BCUT2D eigenvalue weighted by atomic mass is 32.1. The normalized spacial score (nSPS) is 11.5. The van der Waals surface area contributed by atoms with Crippen molar-refractivity contribution < 1.29 is 45.3 Å². The fraction of sp³-hybridized carbons (Fsp3) is 0.316. The molecular weight excluding hydrogens is 466 g/mol. The Morgan fingerprint density at radius 1 is 0.781 bits per heavy atom. The lowest BCUT2D eigenvalue weighted by Crippen LogP contribution is -2.21. The van der Waals surface area contributed by atoms with Crippen molar-refractivity contribution in [3.05, 3.63) is 36.4 Å². The van der Waals surface area contributed by atoms with Gasteiger partial charge in [-0.3, -0.25) is 0 Å². The van der Waals surface area contributed by atoms with Crippen molar-refractivity contribution in [1.82, 2.24) is 0 Å². The van der Waals surface area contributed by atoms with Gasteiger partial charge in [0, 0.05) is 30.0 Å². The molecule has 0 unspecified atom stereocenters. The Morgan fingerprint density at radius 3 is 1.81 bits per heavy atom. The van der Waals surface area contributed by atoms with Crippen molar-refractivity contribution >= 4 is 28.7 Å². The van der Waals surface area contributed by atoms with E-state index < -0.39 is 25.6 Å². The lowest BCUT2D eigenvalue weighted by molar-refractivity contribution is -0.153. The Hall–Kier alpha value is -3.09. The minimum Gasteiger partial charge on any atom is -0.497 e. The van der Waals surface area contributed by atoms with Crippen LogP contribution in [0.5, 0.6) is 23.0 Å². The van der Waals surface area contributed by atoms with Gasteiger partial charge in [-0.1, -0.05) is 0 Å². The van der Waals surface area contributed by atoms with E-state index in [0.29, 0.717) is 17.2 Å². The molecule has 0 aliphatic heterocycles. The number of anilines is 2. The third-order valence-electron chi connectivity index (χ3n) is 3.60. The van der Waals surface area contributed by atoms with Crippen LogP contribution in [-0.2, 0) is 0 Å². The Morgan fingerprint density at radius 2 is 1.34 bits per heavy atom. The first-order chi connectivity index (χ1) is 14.9. The van der Waals surface area contributed by atoms with E-state index in [-0.39, 0.29) is 22.3 Å². The highest BCUT2D eigenvalue weighted by Crippen LogP contribution is 2.31. The Labute approximate surface area is 184 Å². The minimum atomic E-state index is -4.64. The Bertz CT molecular complexity index is 901. The van der Waals surface area contributed by atoms with E-state index in [4.69, 9.17) is 21.7 Å². The maximum Gasteiger partial charge on any atom is 0.422 e. The molecule has 2 aromatic carbocycles. The molecule has 0 atom stereocenters. The molecule has 32 heavy (non-hydrogen) atoms.